The Hall–Kier alpha value is -2.76. The zero-order valence-electron chi connectivity index (χ0n) is 18.0. The fraction of sp³-hybridized carbons (Fsp3) is 0.520. The summed E-state index contributed by atoms with van der Waals surface area (Å²) < 4.78 is 5.60. The van der Waals surface area contributed by atoms with Crippen molar-refractivity contribution in [2.24, 2.45) is 5.92 Å². The zero-order valence-corrected chi connectivity index (χ0v) is 18.0. The van der Waals surface area contributed by atoms with Gasteiger partial charge in [-0.1, -0.05) is 55.1 Å². The van der Waals surface area contributed by atoms with Gasteiger partial charge in [0.05, 0.1) is 5.52 Å². The summed E-state index contributed by atoms with van der Waals surface area (Å²) in [6.45, 7) is 1.56. The van der Waals surface area contributed by atoms with Crippen LogP contribution in [0.25, 0.3) is 22.4 Å². The van der Waals surface area contributed by atoms with Gasteiger partial charge in [-0.2, -0.15) is 4.98 Å². The molecular weight excluding hydrogens is 388 g/mol. The van der Waals surface area contributed by atoms with E-state index in [0.29, 0.717) is 23.5 Å². The van der Waals surface area contributed by atoms with Crippen LogP contribution in [0, 0.1) is 5.92 Å². The van der Waals surface area contributed by atoms with E-state index >= 15 is 0 Å². The number of piperidine rings is 1. The van der Waals surface area contributed by atoms with Crippen LogP contribution in [0.15, 0.2) is 40.9 Å². The highest BCUT2D eigenvalue weighted by Crippen LogP contribution is 2.31. The minimum Gasteiger partial charge on any atom is -0.343 e. The second kappa shape index (κ2) is 9.16. The molecule has 5 rings (SSSR count). The van der Waals surface area contributed by atoms with Crippen LogP contribution >= 0.6 is 0 Å². The molecule has 0 unspecified atom stereocenters. The van der Waals surface area contributed by atoms with E-state index in [9.17, 15) is 4.79 Å². The molecule has 1 saturated heterocycles. The molecule has 6 nitrogen and oxygen atoms in total. The number of hydrogen-bond acceptors (Lipinski definition) is 5. The molecule has 2 fully saturated rings. The van der Waals surface area contributed by atoms with E-state index in [1.165, 1.54) is 38.5 Å². The minimum atomic E-state index is 0.212. The van der Waals surface area contributed by atoms with Crippen molar-refractivity contribution in [3.63, 3.8) is 0 Å². The number of pyridine rings is 1. The Labute approximate surface area is 183 Å². The second-order valence-electron chi connectivity index (χ2n) is 9.06. The molecule has 0 spiro atoms. The maximum atomic E-state index is 12.8. The van der Waals surface area contributed by atoms with Crippen molar-refractivity contribution in [1.82, 2.24) is 20.0 Å². The van der Waals surface area contributed by atoms with Gasteiger partial charge in [0.1, 0.15) is 5.69 Å². The SMILES string of the molecule is O=C(CC1CCCCCC1)N1CCC(c2nc(-c3ccc4ccccc4n3)no2)CC1. The Morgan fingerprint density at radius 2 is 1.71 bits per heavy atom. The van der Waals surface area contributed by atoms with E-state index in [0.717, 1.165) is 48.9 Å². The number of carbonyl (C=O) groups is 1. The molecule has 0 N–H and O–H groups in total. The van der Waals surface area contributed by atoms with Crippen LogP contribution in [0.1, 0.15) is 69.6 Å². The van der Waals surface area contributed by atoms with E-state index in [1.807, 2.05) is 41.3 Å². The number of amides is 1. The predicted molar refractivity (Wildman–Crippen MR) is 119 cm³/mol. The Morgan fingerprint density at radius 1 is 0.935 bits per heavy atom. The third-order valence-electron chi connectivity index (χ3n) is 6.90. The van der Waals surface area contributed by atoms with Gasteiger partial charge in [-0.05, 0) is 43.7 Å². The molecule has 6 heteroatoms. The van der Waals surface area contributed by atoms with Gasteiger partial charge < -0.3 is 9.42 Å². The van der Waals surface area contributed by atoms with Crippen molar-refractivity contribution in [2.75, 3.05) is 13.1 Å². The first kappa shape index (κ1) is 20.2. The maximum Gasteiger partial charge on any atom is 0.230 e. The third kappa shape index (κ3) is 4.63. The topological polar surface area (TPSA) is 72.1 Å². The van der Waals surface area contributed by atoms with Crippen LogP contribution in [0.4, 0.5) is 0 Å². The van der Waals surface area contributed by atoms with Gasteiger partial charge in [-0.15, -0.1) is 0 Å². The normalized spacial score (nSPS) is 18.9. The fourth-order valence-electron chi connectivity index (χ4n) is 5.02. The largest absolute Gasteiger partial charge is 0.343 e. The molecule has 3 heterocycles. The van der Waals surface area contributed by atoms with E-state index < -0.39 is 0 Å². The Balaban J connectivity index is 1.19. The lowest BCUT2D eigenvalue weighted by atomic mass is 9.93. The van der Waals surface area contributed by atoms with Crippen LogP contribution in [-0.2, 0) is 4.79 Å². The molecule has 2 aromatic heterocycles. The predicted octanol–water partition coefficient (Wildman–Crippen LogP) is 5.35. The highest BCUT2D eigenvalue weighted by Gasteiger charge is 2.29. The maximum absolute atomic E-state index is 12.8. The molecule has 0 bridgehead atoms. The Morgan fingerprint density at radius 3 is 2.52 bits per heavy atom. The average molecular weight is 419 g/mol. The molecule has 0 atom stereocenters. The molecule has 31 heavy (non-hydrogen) atoms. The van der Waals surface area contributed by atoms with Crippen molar-refractivity contribution in [1.29, 1.82) is 0 Å². The number of rotatable bonds is 4. The molecule has 1 amide bonds. The second-order valence-corrected chi connectivity index (χ2v) is 9.06. The monoisotopic (exact) mass is 418 g/mol. The van der Waals surface area contributed by atoms with Crippen LogP contribution in [-0.4, -0.2) is 39.0 Å². The molecule has 2 aliphatic rings. The molecule has 1 saturated carbocycles. The number of aromatic nitrogens is 3. The number of likely N-dealkylation sites (tertiary alicyclic amines) is 1. The summed E-state index contributed by atoms with van der Waals surface area (Å²) in [5, 5.41) is 5.27. The lowest BCUT2D eigenvalue weighted by Crippen LogP contribution is -2.38. The summed E-state index contributed by atoms with van der Waals surface area (Å²) in [5.74, 6) is 2.33. The lowest BCUT2D eigenvalue weighted by molar-refractivity contribution is -0.133. The molecule has 1 aromatic carbocycles. The van der Waals surface area contributed by atoms with Crippen molar-refractivity contribution >= 4 is 16.8 Å². The van der Waals surface area contributed by atoms with Crippen molar-refractivity contribution < 1.29 is 9.32 Å². The minimum absolute atomic E-state index is 0.212. The van der Waals surface area contributed by atoms with Crippen molar-refractivity contribution in [3.8, 4) is 11.5 Å². The Kier molecular flexibility index (Phi) is 5.96. The average Bonchev–Trinajstić information content (AvgIpc) is 3.17. The van der Waals surface area contributed by atoms with Gasteiger partial charge in [-0.3, -0.25) is 4.79 Å². The number of para-hydroxylation sites is 1. The van der Waals surface area contributed by atoms with Crippen molar-refractivity contribution in [3.05, 3.63) is 42.3 Å². The molecule has 162 valence electrons. The van der Waals surface area contributed by atoms with E-state index in [4.69, 9.17) is 4.52 Å². The summed E-state index contributed by atoms with van der Waals surface area (Å²) in [5.41, 5.74) is 1.65. The number of hydrogen-bond donors (Lipinski definition) is 0. The lowest BCUT2D eigenvalue weighted by Gasteiger charge is -2.31. The summed E-state index contributed by atoms with van der Waals surface area (Å²) in [4.78, 5) is 24.1. The van der Waals surface area contributed by atoms with E-state index in [2.05, 4.69) is 15.1 Å². The van der Waals surface area contributed by atoms with Gasteiger partial charge in [0.25, 0.3) is 0 Å². The van der Waals surface area contributed by atoms with Crippen LogP contribution in [0.3, 0.4) is 0 Å². The first-order valence-electron chi connectivity index (χ1n) is 11.7. The molecule has 3 aromatic rings. The van der Waals surface area contributed by atoms with Gasteiger partial charge in [0, 0.05) is 30.8 Å². The standard InChI is InChI=1S/C25H30N4O2/c30-23(17-18-7-3-1-2-4-8-18)29-15-13-20(14-16-29)25-27-24(28-31-25)22-12-11-19-9-5-6-10-21(19)26-22/h5-6,9-12,18,20H,1-4,7-8,13-17H2. The van der Waals surface area contributed by atoms with Gasteiger partial charge in [-0.25, -0.2) is 4.98 Å². The van der Waals surface area contributed by atoms with Crippen LogP contribution < -0.4 is 0 Å². The highest BCUT2D eigenvalue weighted by atomic mass is 16.5. The molecule has 1 aliphatic heterocycles. The summed E-state index contributed by atoms with van der Waals surface area (Å²) in [6.07, 6.45) is 10.1. The van der Waals surface area contributed by atoms with Gasteiger partial charge in [0.15, 0.2) is 0 Å². The van der Waals surface area contributed by atoms with Gasteiger partial charge in [0.2, 0.25) is 17.6 Å². The summed E-state index contributed by atoms with van der Waals surface area (Å²) >= 11 is 0. The summed E-state index contributed by atoms with van der Waals surface area (Å²) in [6, 6.07) is 12.0. The number of carbonyl (C=O) groups excluding carboxylic acids is 1. The fourth-order valence-corrected chi connectivity index (χ4v) is 5.02. The number of nitrogens with zero attached hydrogens (tertiary/aromatic N) is 4. The summed E-state index contributed by atoms with van der Waals surface area (Å²) in [7, 11) is 0. The van der Waals surface area contributed by atoms with Gasteiger partial charge >= 0.3 is 0 Å². The third-order valence-corrected chi connectivity index (χ3v) is 6.90. The van der Waals surface area contributed by atoms with E-state index in [-0.39, 0.29) is 5.92 Å². The smallest absolute Gasteiger partial charge is 0.230 e. The Bertz CT molecular complexity index is 1030. The number of benzene rings is 1. The van der Waals surface area contributed by atoms with Crippen LogP contribution in [0.5, 0.6) is 0 Å². The number of fused-ring (bicyclic) bond motifs is 1. The van der Waals surface area contributed by atoms with Crippen LogP contribution in [0.2, 0.25) is 0 Å². The quantitative estimate of drug-likeness (QED) is 0.534. The first-order chi connectivity index (χ1) is 15.3. The zero-order chi connectivity index (χ0) is 21.0. The van der Waals surface area contributed by atoms with Crippen molar-refractivity contribution in [2.45, 2.75) is 63.7 Å². The highest BCUT2D eigenvalue weighted by molar-refractivity contribution is 5.80. The molecule has 1 aliphatic carbocycles. The first-order valence-corrected chi connectivity index (χ1v) is 11.7. The molecule has 0 radical (unpaired) electrons. The molecular formula is C25H30N4O2. The van der Waals surface area contributed by atoms with E-state index in [1.54, 1.807) is 0 Å².